The Morgan fingerprint density at radius 3 is 2.72 bits per heavy atom. The van der Waals surface area contributed by atoms with Crippen molar-refractivity contribution < 1.29 is 4.79 Å². The van der Waals surface area contributed by atoms with Crippen LogP contribution in [0.15, 0.2) is 28.7 Å². The second kappa shape index (κ2) is 7.54. The van der Waals surface area contributed by atoms with Crippen LogP contribution in [0.25, 0.3) is 0 Å². The molecule has 3 nitrogen and oxygen atoms in total. The van der Waals surface area contributed by atoms with Crippen LogP contribution in [0.3, 0.4) is 0 Å². The molecule has 0 fully saturated rings. The Kier molecular flexibility index (Phi) is 6.36. The zero-order valence-electron chi connectivity index (χ0n) is 11.2. The highest BCUT2D eigenvalue weighted by atomic mass is 79.9. The van der Waals surface area contributed by atoms with E-state index in [0.29, 0.717) is 0 Å². The summed E-state index contributed by atoms with van der Waals surface area (Å²) >= 11 is 3.53. The lowest BCUT2D eigenvalue weighted by Gasteiger charge is -2.24. The van der Waals surface area contributed by atoms with E-state index in [9.17, 15) is 4.79 Å². The molecule has 100 valence electrons. The summed E-state index contributed by atoms with van der Waals surface area (Å²) in [4.78, 5) is 13.9. The number of carbonyl (C=O) groups is 1. The number of halogens is 1. The molecule has 1 rings (SSSR count). The number of amides is 1. The maximum atomic E-state index is 11.9. The molecule has 0 aliphatic carbocycles. The fourth-order valence-electron chi connectivity index (χ4n) is 1.63. The minimum absolute atomic E-state index is 0.0893. The minimum atomic E-state index is -0.122. The molecule has 1 aromatic rings. The molecule has 1 N–H and O–H groups in total. The van der Waals surface area contributed by atoms with Crippen LogP contribution in [0, 0.1) is 0 Å². The van der Waals surface area contributed by atoms with Gasteiger partial charge >= 0.3 is 0 Å². The first-order valence-electron chi connectivity index (χ1n) is 6.27. The molecule has 1 aromatic carbocycles. The number of nitrogens with zero attached hydrogens (tertiary/aromatic N) is 1. The number of likely N-dealkylation sites (N-methyl/N-ethyl adjacent to an activating group) is 1. The second-order valence-corrected chi connectivity index (χ2v) is 5.33. The lowest BCUT2D eigenvalue weighted by molar-refractivity contribution is -0.125. The molecule has 1 amide bonds. The zero-order valence-corrected chi connectivity index (χ0v) is 12.8. The number of hydrogen-bond acceptors (Lipinski definition) is 2. The van der Waals surface area contributed by atoms with E-state index in [2.05, 4.69) is 34.2 Å². The standard InChI is InChI=1S/C14H21BrN2O/c1-4-9-16-14(18)11(2)17(3)10-12-7-5-6-8-13(12)15/h5-8,11H,4,9-10H2,1-3H3,(H,16,18). The molecule has 0 saturated heterocycles. The van der Waals surface area contributed by atoms with Gasteiger partial charge in [-0.15, -0.1) is 0 Å². The van der Waals surface area contributed by atoms with E-state index in [0.717, 1.165) is 24.0 Å². The van der Waals surface area contributed by atoms with Crippen molar-refractivity contribution in [3.63, 3.8) is 0 Å². The smallest absolute Gasteiger partial charge is 0.237 e. The molecule has 18 heavy (non-hydrogen) atoms. The summed E-state index contributed by atoms with van der Waals surface area (Å²) in [5.74, 6) is 0.0893. The minimum Gasteiger partial charge on any atom is -0.355 e. The lowest BCUT2D eigenvalue weighted by atomic mass is 10.2. The van der Waals surface area contributed by atoms with Gasteiger partial charge in [0.05, 0.1) is 6.04 Å². The Labute approximate surface area is 118 Å². The third-order valence-corrected chi connectivity index (χ3v) is 3.74. The van der Waals surface area contributed by atoms with Crippen LogP contribution in [-0.4, -0.2) is 30.4 Å². The summed E-state index contributed by atoms with van der Waals surface area (Å²) < 4.78 is 1.08. The van der Waals surface area contributed by atoms with Crippen LogP contribution in [0.1, 0.15) is 25.8 Å². The second-order valence-electron chi connectivity index (χ2n) is 4.47. The molecule has 0 heterocycles. The van der Waals surface area contributed by atoms with E-state index in [4.69, 9.17) is 0 Å². The van der Waals surface area contributed by atoms with E-state index >= 15 is 0 Å². The van der Waals surface area contributed by atoms with Crippen LogP contribution in [-0.2, 0) is 11.3 Å². The normalized spacial score (nSPS) is 12.5. The fraction of sp³-hybridized carbons (Fsp3) is 0.500. The van der Waals surface area contributed by atoms with Gasteiger partial charge in [-0.05, 0) is 32.0 Å². The number of rotatable bonds is 6. The summed E-state index contributed by atoms with van der Waals surface area (Å²) in [6.07, 6.45) is 0.965. The molecular weight excluding hydrogens is 292 g/mol. The predicted molar refractivity (Wildman–Crippen MR) is 78.4 cm³/mol. The number of hydrogen-bond donors (Lipinski definition) is 1. The zero-order chi connectivity index (χ0) is 13.5. The Balaban J connectivity index is 2.57. The molecule has 0 saturated carbocycles. The predicted octanol–water partition coefficient (Wildman–Crippen LogP) is 2.80. The van der Waals surface area contributed by atoms with Crippen molar-refractivity contribution in [2.24, 2.45) is 0 Å². The van der Waals surface area contributed by atoms with Crippen molar-refractivity contribution >= 4 is 21.8 Å². The van der Waals surface area contributed by atoms with E-state index in [1.54, 1.807) is 0 Å². The van der Waals surface area contributed by atoms with Crippen molar-refractivity contribution in [2.45, 2.75) is 32.9 Å². The summed E-state index contributed by atoms with van der Waals surface area (Å²) in [7, 11) is 1.97. The Morgan fingerprint density at radius 1 is 1.44 bits per heavy atom. The maximum Gasteiger partial charge on any atom is 0.237 e. The van der Waals surface area contributed by atoms with Crippen molar-refractivity contribution in [2.75, 3.05) is 13.6 Å². The van der Waals surface area contributed by atoms with Crippen LogP contribution in [0.5, 0.6) is 0 Å². The largest absolute Gasteiger partial charge is 0.355 e. The SMILES string of the molecule is CCCNC(=O)C(C)N(C)Cc1ccccc1Br. The maximum absolute atomic E-state index is 11.9. The average Bonchev–Trinajstić information content (AvgIpc) is 2.37. The average molecular weight is 313 g/mol. The molecule has 0 aliphatic heterocycles. The van der Waals surface area contributed by atoms with E-state index in [1.807, 2.05) is 37.1 Å². The van der Waals surface area contributed by atoms with Gasteiger partial charge in [0.1, 0.15) is 0 Å². The van der Waals surface area contributed by atoms with Gasteiger partial charge in [0, 0.05) is 17.6 Å². The number of carbonyl (C=O) groups excluding carboxylic acids is 1. The van der Waals surface area contributed by atoms with Gasteiger partial charge in [-0.2, -0.15) is 0 Å². The molecule has 0 radical (unpaired) electrons. The molecule has 0 bridgehead atoms. The molecule has 0 aromatic heterocycles. The van der Waals surface area contributed by atoms with Crippen molar-refractivity contribution in [1.29, 1.82) is 0 Å². The first-order chi connectivity index (χ1) is 8.56. The summed E-state index contributed by atoms with van der Waals surface area (Å²) in [6, 6.07) is 7.96. The highest BCUT2D eigenvalue weighted by Crippen LogP contribution is 2.18. The summed E-state index contributed by atoms with van der Waals surface area (Å²) in [5.41, 5.74) is 1.19. The van der Waals surface area contributed by atoms with E-state index in [1.165, 1.54) is 5.56 Å². The van der Waals surface area contributed by atoms with E-state index in [-0.39, 0.29) is 11.9 Å². The molecule has 1 atom stereocenters. The van der Waals surface area contributed by atoms with Crippen LogP contribution in [0.2, 0.25) is 0 Å². The summed E-state index contributed by atoms with van der Waals surface area (Å²) in [6.45, 7) is 5.48. The fourth-order valence-corrected chi connectivity index (χ4v) is 2.04. The number of benzene rings is 1. The first-order valence-corrected chi connectivity index (χ1v) is 7.07. The van der Waals surface area contributed by atoms with E-state index < -0.39 is 0 Å². The number of nitrogens with one attached hydrogen (secondary N) is 1. The summed E-state index contributed by atoms with van der Waals surface area (Å²) in [5, 5.41) is 2.92. The van der Waals surface area contributed by atoms with Crippen LogP contribution in [0.4, 0.5) is 0 Å². The molecule has 1 unspecified atom stereocenters. The lowest BCUT2D eigenvalue weighted by Crippen LogP contribution is -2.43. The van der Waals surface area contributed by atoms with Gasteiger partial charge < -0.3 is 5.32 Å². The van der Waals surface area contributed by atoms with Gasteiger partial charge in [-0.1, -0.05) is 41.1 Å². The van der Waals surface area contributed by atoms with Gasteiger partial charge in [-0.25, -0.2) is 0 Å². The monoisotopic (exact) mass is 312 g/mol. The Hall–Kier alpha value is -0.870. The van der Waals surface area contributed by atoms with Gasteiger partial charge in [0.15, 0.2) is 0 Å². The van der Waals surface area contributed by atoms with Crippen molar-refractivity contribution in [3.8, 4) is 0 Å². The highest BCUT2D eigenvalue weighted by molar-refractivity contribution is 9.10. The molecule has 4 heteroatoms. The Morgan fingerprint density at radius 2 is 2.11 bits per heavy atom. The first kappa shape index (κ1) is 15.2. The quantitative estimate of drug-likeness (QED) is 0.876. The van der Waals surface area contributed by atoms with Crippen LogP contribution >= 0.6 is 15.9 Å². The highest BCUT2D eigenvalue weighted by Gasteiger charge is 2.17. The van der Waals surface area contributed by atoms with Crippen molar-refractivity contribution in [3.05, 3.63) is 34.3 Å². The molecule has 0 aliphatic rings. The Bertz CT molecular complexity index is 395. The third-order valence-electron chi connectivity index (χ3n) is 2.97. The topological polar surface area (TPSA) is 32.3 Å². The third kappa shape index (κ3) is 4.42. The molecule has 0 spiro atoms. The van der Waals surface area contributed by atoms with Crippen molar-refractivity contribution in [1.82, 2.24) is 10.2 Å². The molecular formula is C14H21BrN2O. The van der Waals surface area contributed by atoms with Gasteiger partial charge in [0.2, 0.25) is 5.91 Å². The van der Waals surface area contributed by atoms with Crippen LogP contribution < -0.4 is 5.32 Å². The van der Waals surface area contributed by atoms with Gasteiger partial charge in [-0.3, -0.25) is 9.69 Å². The van der Waals surface area contributed by atoms with Gasteiger partial charge in [0.25, 0.3) is 0 Å².